The molecular weight excluding hydrogens is 381 g/mol. The molecule has 2 heterocycles. The van der Waals surface area contributed by atoms with Crippen molar-refractivity contribution in [1.29, 1.82) is 0 Å². The van der Waals surface area contributed by atoms with Gasteiger partial charge in [0.05, 0.1) is 16.6 Å². The summed E-state index contributed by atoms with van der Waals surface area (Å²) >= 11 is 0. The number of alkyl halides is 3. The first-order valence-corrected chi connectivity index (χ1v) is 9.51. The van der Waals surface area contributed by atoms with Crippen LogP contribution in [-0.2, 0) is 6.18 Å². The Hall–Kier alpha value is -2.87. The lowest BCUT2D eigenvalue weighted by atomic mass is 10.1. The van der Waals surface area contributed by atoms with Gasteiger partial charge in [-0.25, -0.2) is 4.98 Å². The molecule has 1 saturated heterocycles. The SMILES string of the molecule is Cc1ccc2c(c1)nc(NC(=O)c1cccc(C(F)(F)F)c1)n2C1CCCNC1. The Kier molecular flexibility index (Phi) is 5.04. The smallest absolute Gasteiger partial charge is 0.315 e. The number of aromatic nitrogens is 2. The Morgan fingerprint density at radius 2 is 2.07 bits per heavy atom. The summed E-state index contributed by atoms with van der Waals surface area (Å²) in [6.45, 7) is 3.64. The number of benzene rings is 2. The van der Waals surface area contributed by atoms with Crippen LogP contribution in [0.4, 0.5) is 19.1 Å². The monoisotopic (exact) mass is 402 g/mol. The highest BCUT2D eigenvalue weighted by molar-refractivity contribution is 6.04. The normalized spacial score (nSPS) is 17.4. The van der Waals surface area contributed by atoms with E-state index in [1.165, 1.54) is 12.1 Å². The first-order valence-electron chi connectivity index (χ1n) is 9.51. The molecule has 152 valence electrons. The highest BCUT2D eigenvalue weighted by Crippen LogP contribution is 2.31. The summed E-state index contributed by atoms with van der Waals surface area (Å²) in [5.41, 5.74) is 1.76. The van der Waals surface area contributed by atoms with E-state index in [1.807, 2.05) is 29.7 Å². The van der Waals surface area contributed by atoms with Gasteiger partial charge in [-0.2, -0.15) is 13.2 Å². The minimum absolute atomic E-state index is 0.0589. The summed E-state index contributed by atoms with van der Waals surface area (Å²) in [5.74, 6) is -0.269. The van der Waals surface area contributed by atoms with Crippen molar-refractivity contribution in [2.75, 3.05) is 18.4 Å². The van der Waals surface area contributed by atoms with Crippen molar-refractivity contribution >= 4 is 22.9 Å². The minimum atomic E-state index is -4.51. The molecule has 0 spiro atoms. The van der Waals surface area contributed by atoms with E-state index in [4.69, 9.17) is 0 Å². The number of carbonyl (C=O) groups is 1. The number of anilines is 1. The third-order valence-electron chi connectivity index (χ3n) is 5.16. The Labute approximate surface area is 165 Å². The number of hydrogen-bond donors (Lipinski definition) is 2. The van der Waals surface area contributed by atoms with Gasteiger partial charge in [0.25, 0.3) is 5.91 Å². The van der Waals surface area contributed by atoms with Crippen LogP contribution in [0.1, 0.15) is 40.4 Å². The van der Waals surface area contributed by atoms with Crippen LogP contribution in [0.25, 0.3) is 11.0 Å². The zero-order valence-corrected chi connectivity index (χ0v) is 15.9. The maximum Gasteiger partial charge on any atom is 0.416 e. The van der Waals surface area contributed by atoms with E-state index in [2.05, 4.69) is 15.6 Å². The molecule has 1 aliphatic rings. The summed E-state index contributed by atoms with van der Waals surface area (Å²) in [6, 6.07) is 10.4. The summed E-state index contributed by atoms with van der Waals surface area (Å²) in [5, 5.41) is 6.08. The second-order valence-electron chi connectivity index (χ2n) is 7.33. The van der Waals surface area contributed by atoms with Crippen molar-refractivity contribution in [3.63, 3.8) is 0 Å². The molecule has 4 rings (SSSR count). The third-order valence-corrected chi connectivity index (χ3v) is 5.16. The molecule has 0 aliphatic carbocycles. The molecule has 1 aromatic heterocycles. The standard InChI is InChI=1S/C21H21F3N4O/c1-13-7-8-18-17(10-13)26-20(28(18)16-6-3-9-25-12-16)27-19(29)14-4-2-5-15(11-14)21(22,23)24/h2,4-5,7-8,10-11,16,25H,3,6,9,12H2,1H3,(H,26,27,29). The largest absolute Gasteiger partial charge is 0.416 e. The molecule has 0 radical (unpaired) electrons. The molecule has 3 aromatic rings. The van der Waals surface area contributed by atoms with E-state index in [1.54, 1.807) is 0 Å². The second-order valence-corrected chi connectivity index (χ2v) is 7.33. The highest BCUT2D eigenvalue weighted by atomic mass is 19.4. The first-order chi connectivity index (χ1) is 13.8. The number of halogens is 3. The van der Waals surface area contributed by atoms with Gasteiger partial charge in [0.2, 0.25) is 5.95 Å². The lowest BCUT2D eigenvalue weighted by molar-refractivity contribution is -0.137. The lowest BCUT2D eigenvalue weighted by Gasteiger charge is -2.26. The van der Waals surface area contributed by atoms with E-state index in [-0.39, 0.29) is 11.6 Å². The predicted octanol–water partition coefficient (Wildman–Crippen LogP) is 4.54. The van der Waals surface area contributed by atoms with Crippen LogP contribution in [0.2, 0.25) is 0 Å². The average Bonchev–Trinajstić information content (AvgIpc) is 3.04. The molecule has 0 saturated carbocycles. The van der Waals surface area contributed by atoms with E-state index in [0.717, 1.165) is 54.7 Å². The Morgan fingerprint density at radius 3 is 2.79 bits per heavy atom. The summed E-state index contributed by atoms with van der Waals surface area (Å²) < 4.78 is 40.9. The van der Waals surface area contributed by atoms with Crippen molar-refractivity contribution in [2.45, 2.75) is 32.0 Å². The van der Waals surface area contributed by atoms with Crippen LogP contribution in [0, 0.1) is 6.92 Å². The van der Waals surface area contributed by atoms with E-state index in [0.29, 0.717) is 5.95 Å². The van der Waals surface area contributed by atoms with Crippen molar-refractivity contribution in [3.05, 3.63) is 59.2 Å². The minimum Gasteiger partial charge on any atom is -0.315 e. The van der Waals surface area contributed by atoms with Crippen LogP contribution in [0.3, 0.4) is 0 Å². The van der Waals surface area contributed by atoms with Crippen LogP contribution < -0.4 is 10.6 Å². The Bertz CT molecular complexity index is 1050. The van der Waals surface area contributed by atoms with Crippen LogP contribution in [0.15, 0.2) is 42.5 Å². The lowest BCUT2D eigenvalue weighted by Crippen LogP contribution is -2.32. The van der Waals surface area contributed by atoms with Crippen molar-refractivity contribution < 1.29 is 18.0 Å². The maximum atomic E-state index is 13.0. The average molecular weight is 402 g/mol. The molecule has 1 aliphatic heterocycles. The summed E-state index contributed by atoms with van der Waals surface area (Å²) in [4.78, 5) is 17.3. The van der Waals surface area contributed by atoms with Gasteiger partial charge in [0, 0.05) is 18.2 Å². The third kappa shape index (κ3) is 3.98. The van der Waals surface area contributed by atoms with Crippen LogP contribution in [-0.4, -0.2) is 28.5 Å². The van der Waals surface area contributed by atoms with Crippen molar-refractivity contribution in [1.82, 2.24) is 14.9 Å². The predicted molar refractivity (Wildman–Crippen MR) is 105 cm³/mol. The van der Waals surface area contributed by atoms with Gasteiger partial charge in [-0.15, -0.1) is 0 Å². The van der Waals surface area contributed by atoms with Gasteiger partial charge < -0.3 is 9.88 Å². The molecule has 2 aromatic carbocycles. The topological polar surface area (TPSA) is 59.0 Å². The molecule has 0 bridgehead atoms. The van der Waals surface area contributed by atoms with E-state index in [9.17, 15) is 18.0 Å². The zero-order chi connectivity index (χ0) is 20.6. The number of aryl methyl sites for hydroxylation is 1. The molecule has 29 heavy (non-hydrogen) atoms. The van der Waals surface area contributed by atoms with E-state index >= 15 is 0 Å². The number of nitrogens with zero attached hydrogens (tertiary/aromatic N) is 2. The number of piperidine rings is 1. The van der Waals surface area contributed by atoms with E-state index < -0.39 is 17.6 Å². The number of carbonyl (C=O) groups excluding carboxylic acids is 1. The highest BCUT2D eigenvalue weighted by Gasteiger charge is 2.31. The number of hydrogen-bond acceptors (Lipinski definition) is 3. The number of rotatable bonds is 3. The summed E-state index contributed by atoms with van der Waals surface area (Å²) in [7, 11) is 0. The van der Waals surface area contributed by atoms with Gasteiger partial charge in [-0.1, -0.05) is 12.1 Å². The van der Waals surface area contributed by atoms with Crippen molar-refractivity contribution in [3.8, 4) is 0 Å². The number of imidazole rings is 1. The molecule has 1 fully saturated rings. The van der Waals surface area contributed by atoms with Crippen LogP contribution in [0.5, 0.6) is 0 Å². The molecular formula is C21H21F3N4O. The fourth-order valence-electron chi connectivity index (χ4n) is 3.73. The first kappa shape index (κ1) is 19.4. The molecule has 8 heteroatoms. The van der Waals surface area contributed by atoms with Gasteiger partial charge in [-0.05, 0) is 62.2 Å². The summed E-state index contributed by atoms with van der Waals surface area (Å²) in [6.07, 6.45) is -2.58. The number of amides is 1. The number of fused-ring (bicyclic) bond motifs is 1. The molecule has 2 N–H and O–H groups in total. The maximum absolute atomic E-state index is 13.0. The zero-order valence-electron chi connectivity index (χ0n) is 15.9. The number of nitrogens with one attached hydrogen (secondary N) is 2. The quantitative estimate of drug-likeness (QED) is 0.676. The Morgan fingerprint density at radius 1 is 1.24 bits per heavy atom. The fraction of sp³-hybridized carbons (Fsp3) is 0.333. The Balaban J connectivity index is 1.71. The second kappa shape index (κ2) is 7.51. The van der Waals surface area contributed by atoms with Gasteiger partial charge in [-0.3, -0.25) is 10.1 Å². The van der Waals surface area contributed by atoms with Crippen LogP contribution >= 0.6 is 0 Å². The molecule has 1 amide bonds. The van der Waals surface area contributed by atoms with Gasteiger partial charge in [0.1, 0.15) is 0 Å². The van der Waals surface area contributed by atoms with Crippen molar-refractivity contribution in [2.24, 2.45) is 0 Å². The molecule has 5 nitrogen and oxygen atoms in total. The van der Waals surface area contributed by atoms with Gasteiger partial charge >= 0.3 is 6.18 Å². The molecule has 1 atom stereocenters. The molecule has 1 unspecified atom stereocenters. The fourth-order valence-corrected chi connectivity index (χ4v) is 3.73. The van der Waals surface area contributed by atoms with Gasteiger partial charge in [0.15, 0.2) is 0 Å².